The number of hydrogen-bond acceptors (Lipinski definition) is 3. The van der Waals surface area contributed by atoms with E-state index >= 15 is 0 Å². The topological polar surface area (TPSA) is 46.2 Å². The molecule has 0 saturated heterocycles. The third-order valence-corrected chi connectivity index (χ3v) is 3.08. The van der Waals surface area contributed by atoms with E-state index in [1.165, 1.54) is 18.3 Å². The smallest absolute Gasteiger partial charge is 0.225 e. The van der Waals surface area contributed by atoms with Gasteiger partial charge in [0.05, 0.1) is 8.79 Å². The number of hydrogen-bond donors (Lipinski definition) is 1. The average molecular weight is 276 g/mol. The number of halogens is 1. The van der Waals surface area contributed by atoms with Crippen molar-refractivity contribution in [2.24, 2.45) is 0 Å². The second-order valence-electron chi connectivity index (χ2n) is 2.85. The van der Waals surface area contributed by atoms with Gasteiger partial charge in [0.2, 0.25) is 5.91 Å². The molecule has 1 rings (SSSR count). The van der Waals surface area contributed by atoms with Crippen LogP contribution >= 0.6 is 27.3 Å². The molecule has 1 heterocycles. The minimum Gasteiger partial charge on any atom is -0.318 e. The molecule has 0 radical (unpaired) electrons. The number of nitrogens with one attached hydrogen (secondary N) is 1. The molecule has 0 bridgehead atoms. The highest BCUT2D eigenvalue weighted by atomic mass is 79.9. The fraction of sp³-hybridized carbons (Fsp3) is 0.333. The fourth-order valence-corrected chi connectivity index (χ4v) is 2.17. The highest BCUT2D eigenvalue weighted by Crippen LogP contribution is 2.26. The number of thiophene rings is 1. The maximum Gasteiger partial charge on any atom is 0.225 e. The third kappa shape index (κ3) is 4.02. The van der Waals surface area contributed by atoms with Crippen LogP contribution in [-0.2, 0) is 9.59 Å². The minimum atomic E-state index is -0.116. The lowest BCUT2D eigenvalue weighted by Crippen LogP contribution is -2.11. The molecule has 0 aliphatic carbocycles. The Kier molecular flexibility index (Phi) is 4.28. The predicted octanol–water partition coefficient (Wildman–Crippen LogP) is 2.82. The molecule has 0 aliphatic heterocycles. The van der Waals surface area contributed by atoms with E-state index in [2.05, 4.69) is 21.2 Å². The molecule has 14 heavy (non-hydrogen) atoms. The van der Waals surface area contributed by atoms with Gasteiger partial charge in [-0.1, -0.05) is 0 Å². The quantitative estimate of drug-likeness (QED) is 0.919. The van der Waals surface area contributed by atoms with E-state index in [0.29, 0.717) is 6.42 Å². The predicted molar refractivity (Wildman–Crippen MR) is 60.6 cm³/mol. The van der Waals surface area contributed by atoms with Crippen LogP contribution in [0.25, 0.3) is 0 Å². The van der Waals surface area contributed by atoms with Gasteiger partial charge in [0.15, 0.2) is 0 Å². The molecule has 1 N–H and O–H groups in total. The van der Waals surface area contributed by atoms with Gasteiger partial charge in [-0.25, -0.2) is 0 Å². The summed E-state index contributed by atoms with van der Waals surface area (Å²) in [7, 11) is 0. The van der Waals surface area contributed by atoms with Crippen LogP contribution in [0.15, 0.2) is 15.9 Å². The van der Waals surface area contributed by atoms with Gasteiger partial charge in [-0.3, -0.25) is 4.79 Å². The van der Waals surface area contributed by atoms with Crippen molar-refractivity contribution in [2.45, 2.75) is 19.8 Å². The van der Waals surface area contributed by atoms with E-state index in [1.807, 2.05) is 12.1 Å². The van der Waals surface area contributed by atoms with Crippen LogP contribution < -0.4 is 5.32 Å². The normalized spacial score (nSPS) is 9.86. The molecule has 1 aromatic rings. The van der Waals surface area contributed by atoms with Gasteiger partial charge in [-0.05, 0) is 35.0 Å². The zero-order chi connectivity index (χ0) is 10.6. The van der Waals surface area contributed by atoms with E-state index in [9.17, 15) is 9.59 Å². The number of rotatable bonds is 4. The molecule has 1 aromatic heterocycles. The molecule has 0 spiro atoms. The summed E-state index contributed by atoms with van der Waals surface area (Å²) in [5, 5.41) is 3.51. The van der Waals surface area contributed by atoms with Crippen molar-refractivity contribution in [3.05, 3.63) is 15.9 Å². The van der Waals surface area contributed by atoms with Crippen molar-refractivity contribution in [3.8, 4) is 0 Å². The van der Waals surface area contributed by atoms with Crippen LogP contribution in [-0.4, -0.2) is 11.7 Å². The Labute approximate surface area is 94.6 Å². The van der Waals surface area contributed by atoms with Gasteiger partial charge in [-0.15, -0.1) is 11.3 Å². The lowest BCUT2D eigenvalue weighted by atomic mass is 10.2. The highest BCUT2D eigenvalue weighted by Gasteiger charge is 2.05. The lowest BCUT2D eigenvalue weighted by Gasteiger charge is -1.99. The molecule has 3 nitrogen and oxygen atoms in total. The molecule has 5 heteroatoms. The lowest BCUT2D eigenvalue weighted by molar-refractivity contribution is -0.121. The Bertz CT molecular complexity index is 348. The summed E-state index contributed by atoms with van der Waals surface area (Å²) >= 11 is 4.75. The molecule has 0 aliphatic rings. The zero-order valence-corrected chi connectivity index (χ0v) is 10.1. The van der Waals surface area contributed by atoms with Crippen molar-refractivity contribution >= 4 is 44.0 Å². The van der Waals surface area contributed by atoms with Gasteiger partial charge >= 0.3 is 0 Å². The van der Waals surface area contributed by atoms with Crippen LogP contribution in [0.2, 0.25) is 0 Å². The summed E-state index contributed by atoms with van der Waals surface area (Å²) in [6.07, 6.45) is 0.559. The monoisotopic (exact) mass is 275 g/mol. The summed E-state index contributed by atoms with van der Waals surface area (Å²) in [4.78, 5) is 21.9. The van der Waals surface area contributed by atoms with Crippen molar-refractivity contribution in [1.82, 2.24) is 0 Å². The molecule has 0 atom stereocenters. The highest BCUT2D eigenvalue weighted by molar-refractivity contribution is 9.11. The van der Waals surface area contributed by atoms with E-state index in [1.54, 1.807) is 0 Å². The number of ketones is 1. The van der Waals surface area contributed by atoms with Gasteiger partial charge in [0.1, 0.15) is 5.78 Å². The molecule has 76 valence electrons. The third-order valence-electron chi connectivity index (χ3n) is 1.54. The average Bonchev–Trinajstić information content (AvgIpc) is 2.48. The number of Topliss-reactive ketones (excluding diaryl/α,β-unsaturated/α-hetero) is 1. The zero-order valence-electron chi connectivity index (χ0n) is 7.67. The van der Waals surface area contributed by atoms with Crippen molar-refractivity contribution in [1.29, 1.82) is 0 Å². The van der Waals surface area contributed by atoms with Crippen LogP contribution in [0.3, 0.4) is 0 Å². The van der Waals surface area contributed by atoms with Crippen molar-refractivity contribution in [2.75, 3.05) is 5.32 Å². The first-order valence-corrected chi connectivity index (χ1v) is 5.73. The molecule has 0 unspecified atom stereocenters. The summed E-state index contributed by atoms with van der Waals surface area (Å²) in [5.41, 5.74) is 0. The first kappa shape index (κ1) is 11.4. The molecule has 0 saturated carbocycles. The summed E-state index contributed by atoms with van der Waals surface area (Å²) in [6, 6.07) is 3.69. The molecular formula is C9H10BrNO2S. The molecular weight excluding hydrogens is 266 g/mol. The second kappa shape index (κ2) is 5.26. The Morgan fingerprint density at radius 2 is 2.14 bits per heavy atom. The summed E-state index contributed by atoms with van der Waals surface area (Å²) in [6.45, 7) is 1.48. The number of carbonyl (C=O) groups is 2. The number of carbonyl (C=O) groups excluding carboxylic acids is 2. The summed E-state index contributed by atoms with van der Waals surface area (Å²) < 4.78 is 0.972. The Morgan fingerprint density at radius 1 is 1.43 bits per heavy atom. The first-order chi connectivity index (χ1) is 6.58. The molecule has 1 amide bonds. The molecule has 0 aromatic carbocycles. The van der Waals surface area contributed by atoms with E-state index < -0.39 is 0 Å². The van der Waals surface area contributed by atoms with Gasteiger partial charge < -0.3 is 10.1 Å². The minimum absolute atomic E-state index is 0.0347. The van der Waals surface area contributed by atoms with Crippen LogP contribution in [0.1, 0.15) is 19.8 Å². The van der Waals surface area contributed by atoms with E-state index in [-0.39, 0.29) is 18.1 Å². The number of amides is 1. The maximum atomic E-state index is 11.3. The Hall–Kier alpha value is -0.680. The van der Waals surface area contributed by atoms with Crippen LogP contribution in [0, 0.1) is 0 Å². The fourth-order valence-electron chi connectivity index (χ4n) is 0.871. The standard InChI is InChI=1S/C9H10BrNO2S/c1-6(12)2-4-8(13)11-9-5-3-7(10)14-9/h3,5H,2,4H2,1H3,(H,11,13). The largest absolute Gasteiger partial charge is 0.318 e. The van der Waals surface area contributed by atoms with Crippen molar-refractivity contribution < 1.29 is 9.59 Å². The van der Waals surface area contributed by atoms with E-state index in [4.69, 9.17) is 0 Å². The van der Waals surface area contributed by atoms with Crippen LogP contribution in [0.5, 0.6) is 0 Å². The van der Waals surface area contributed by atoms with Crippen LogP contribution in [0.4, 0.5) is 5.00 Å². The summed E-state index contributed by atoms with van der Waals surface area (Å²) in [5.74, 6) is -0.0814. The SMILES string of the molecule is CC(=O)CCC(=O)Nc1ccc(Br)s1. The number of anilines is 1. The van der Waals surface area contributed by atoms with Gasteiger partial charge in [-0.2, -0.15) is 0 Å². The Balaban J connectivity index is 2.37. The van der Waals surface area contributed by atoms with Gasteiger partial charge in [0, 0.05) is 12.8 Å². The van der Waals surface area contributed by atoms with E-state index in [0.717, 1.165) is 8.79 Å². The van der Waals surface area contributed by atoms with Crippen molar-refractivity contribution in [3.63, 3.8) is 0 Å². The Morgan fingerprint density at radius 3 is 2.64 bits per heavy atom. The maximum absolute atomic E-state index is 11.3. The van der Waals surface area contributed by atoms with Gasteiger partial charge in [0.25, 0.3) is 0 Å². The first-order valence-electron chi connectivity index (χ1n) is 4.12. The second-order valence-corrected chi connectivity index (χ2v) is 5.32. The molecule has 0 fully saturated rings.